The van der Waals surface area contributed by atoms with Crippen molar-refractivity contribution in [3.63, 3.8) is 0 Å². The highest BCUT2D eigenvalue weighted by Crippen LogP contribution is 2.15. The van der Waals surface area contributed by atoms with E-state index in [0.29, 0.717) is 0 Å². The molecule has 0 fully saturated rings. The van der Waals surface area contributed by atoms with E-state index < -0.39 is 17.3 Å². The topological polar surface area (TPSA) is 99.6 Å². The van der Waals surface area contributed by atoms with Crippen LogP contribution < -0.4 is 11.2 Å². The predicted octanol–water partition coefficient (Wildman–Crippen LogP) is 1.07. The van der Waals surface area contributed by atoms with Crippen LogP contribution in [0.4, 0.5) is 0 Å². The maximum absolute atomic E-state index is 11.8. The maximum Gasteiger partial charge on any atom is 0.338 e. The Bertz CT molecular complexity index is 717. The Hall–Kier alpha value is -2.63. The second-order valence-electron chi connectivity index (χ2n) is 3.77. The van der Waals surface area contributed by atoms with Crippen LogP contribution in [0.3, 0.4) is 0 Å². The minimum Gasteiger partial charge on any atom is -0.462 e. The third-order valence-corrected chi connectivity index (χ3v) is 2.48. The molecule has 1 aromatic heterocycles. The maximum atomic E-state index is 11.8. The Morgan fingerprint density at radius 3 is 2.68 bits per heavy atom. The van der Waals surface area contributed by atoms with Crippen LogP contribution in [0.1, 0.15) is 27.8 Å². The summed E-state index contributed by atoms with van der Waals surface area (Å²) in [5, 5.41) is 0.190. The molecule has 2 rings (SSSR count). The van der Waals surface area contributed by atoms with Gasteiger partial charge in [-0.05, 0) is 25.1 Å². The lowest BCUT2D eigenvalue weighted by Gasteiger charge is -2.03. The van der Waals surface area contributed by atoms with Gasteiger partial charge in [0.1, 0.15) is 5.58 Å². The lowest BCUT2D eigenvalue weighted by atomic mass is 10.1. The van der Waals surface area contributed by atoms with E-state index in [1.165, 1.54) is 18.2 Å². The van der Waals surface area contributed by atoms with Gasteiger partial charge < -0.3 is 14.9 Å². The van der Waals surface area contributed by atoms with Crippen molar-refractivity contribution in [1.29, 1.82) is 0 Å². The molecule has 1 amide bonds. The third-order valence-electron chi connectivity index (χ3n) is 2.48. The smallest absolute Gasteiger partial charge is 0.338 e. The third kappa shape index (κ3) is 2.47. The molecule has 0 bridgehead atoms. The van der Waals surface area contributed by atoms with E-state index in [0.717, 1.165) is 6.07 Å². The number of benzene rings is 1. The zero-order valence-electron chi connectivity index (χ0n) is 10.1. The monoisotopic (exact) mass is 261 g/mol. The molecule has 19 heavy (non-hydrogen) atoms. The van der Waals surface area contributed by atoms with Crippen molar-refractivity contribution < 1.29 is 18.7 Å². The summed E-state index contributed by atoms with van der Waals surface area (Å²) in [6, 6.07) is 5.24. The van der Waals surface area contributed by atoms with Crippen LogP contribution >= 0.6 is 0 Å². The SMILES string of the molecule is CCOC(=O)c1ccc2oc(C(N)=O)cc(=O)c2c1. The molecule has 0 unspecified atom stereocenters. The number of carbonyl (C=O) groups is 2. The first-order valence-electron chi connectivity index (χ1n) is 5.57. The predicted molar refractivity (Wildman–Crippen MR) is 67.0 cm³/mol. The second kappa shape index (κ2) is 4.93. The minimum absolute atomic E-state index is 0.189. The Kier molecular flexibility index (Phi) is 3.33. The highest BCUT2D eigenvalue weighted by Gasteiger charge is 2.12. The summed E-state index contributed by atoms with van der Waals surface area (Å²) in [6.07, 6.45) is 0. The van der Waals surface area contributed by atoms with Crippen molar-refractivity contribution in [2.24, 2.45) is 5.73 Å². The molecule has 0 aliphatic rings. The molecule has 0 saturated carbocycles. The molecule has 98 valence electrons. The van der Waals surface area contributed by atoms with E-state index in [1.54, 1.807) is 6.92 Å². The first-order valence-corrected chi connectivity index (χ1v) is 5.57. The average molecular weight is 261 g/mol. The first kappa shape index (κ1) is 12.8. The van der Waals surface area contributed by atoms with E-state index in [-0.39, 0.29) is 28.9 Å². The van der Waals surface area contributed by atoms with Crippen LogP contribution in [-0.2, 0) is 4.74 Å². The van der Waals surface area contributed by atoms with Gasteiger partial charge in [-0.15, -0.1) is 0 Å². The van der Waals surface area contributed by atoms with Crippen molar-refractivity contribution in [3.05, 3.63) is 45.8 Å². The minimum atomic E-state index is -0.825. The largest absolute Gasteiger partial charge is 0.462 e. The van der Waals surface area contributed by atoms with Crippen LogP contribution in [0.5, 0.6) is 0 Å². The van der Waals surface area contributed by atoms with Gasteiger partial charge in [-0.25, -0.2) is 4.79 Å². The van der Waals surface area contributed by atoms with Crippen molar-refractivity contribution in [2.75, 3.05) is 6.61 Å². The summed E-state index contributed by atoms with van der Waals surface area (Å²) in [4.78, 5) is 34.3. The standard InChI is InChI=1S/C13H11NO5/c1-2-18-13(17)7-3-4-10-8(5-7)9(15)6-11(19-10)12(14)16/h3-6H,2H2,1H3,(H2,14,16). The number of hydrogen-bond donors (Lipinski definition) is 1. The summed E-state index contributed by atoms with van der Waals surface area (Å²) in [7, 11) is 0. The van der Waals surface area contributed by atoms with E-state index >= 15 is 0 Å². The molecule has 0 aliphatic heterocycles. The number of amides is 1. The van der Waals surface area contributed by atoms with Gasteiger partial charge in [0.05, 0.1) is 17.6 Å². The number of ether oxygens (including phenoxy) is 1. The first-order chi connectivity index (χ1) is 9.02. The van der Waals surface area contributed by atoms with Crippen molar-refractivity contribution in [2.45, 2.75) is 6.92 Å². The number of carbonyl (C=O) groups excluding carboxylic acids is 2. The van der Waals surface area contributed by atoms with Gasteiger partial charge in [0, 0.05) is 6.07 Å². The van der Waals surface area contributed by atoms with Crippen LogP contribution in [0.15, 0.2) is 33.5 Å². The molecule has 0 saturated heterocycles. The lowest BCUT2D eigenvalue weighted by molar-refractivity contribution is 0.0526. The molecule has 0 atom stereocenters. The van der Waals surface area contributed by atoms with Crippen LogP contribution in [0.25, 0.3) is 11.0 Å². The summed E-state index contributed by atoms with van der Waals surface area (Å²) in [6.45, 7) is 1.93. The number of fused-ring (bicyclic) bond motifs is 1. The molecule has 1 heterocycles. The van der Waals surface area contributed by atoms with Gasteiger partial charge >= 0.3 is 5.97 Å². The van der Waals surface area contributed by atoms with Gasteiger partial charge in [0.15, 0.2) is 11.2 Å². The molecule has 0 spiro atoms. The molecule has 1 aromatic carbocycles. The molecular weight excluding hydrogens is 250 g/mol. The number of hydrogen-bond acceptors (Lipinski definition) is 5. The number of primary amides is 1. The molecule has 2 N–H and O–H groups in total. The fraction of sp³-hybridized carbons (Fsp3) is 0.154. The van der Waals surface area contributed by atoms with Crippen molar-refractivity contribution >= 4 is 22.8 Å². The fourth-order valence-electron chi connectivity index (χ4n) is 1.62. The van der Waals surface area contributed by atoms with E-state index in [9.17, 15) is 14.4 Å². The zero-order valence-corrected chi connectivity index (χ0v) is 10.1. The molecule has 6 nitrogen and oxygen atoms in total. The van der Waals surface area contributed by atoms with Gasteiger partial charge in [-0.2, -0.15) is 0 Å². The summed E-state index contributed by atoms with van der Waals surface area (Å²) >= 11 is 0. The summed E-state index contributed by atoms with van der Waals surface area (Å²) in [5.41, 5.74) is 5.04. The Balaban J connectivity index is 2.59. The lowest BCUT2D eigenvalue weighted by Crippen LogP contribution is -2.14. The van der Waals surface area contributed by atoms with Gasteiger partial charge in [-0.1, -0.05) is 0 Å². The Morgan fingerprint density at radius 2 is 2.05 bits per heavy atom. The molecule has 6 heteroatoms. The van der Waals surface area contributed by atoms with Crippen molar-refractivity contribution in [3.8, 4) is 0 Å². The quantitative estimate of drug-likeness (QED) is 0.833. The Morgan fingerprint density at radius 1 is 1.32 bits per heavy atom. The average Bonchev–Trinajstić information content (AvgIpc) is 2.38. The highest BCUT2D eigenvalue weighted by atomic mass is 16.5. The van der Waals surface area contributed by atoms with Gasteiger partial charge in [0.2, 0.25) is 0 Å². The Labute approximate surface area is 107 Å². The van der Waals surface area contributed by atoms with E-state index in [4.69, 9.17) is 14.9 Å². The molecule has 0 radical (unpaired) electrons. The highest BCUT2D eigenvalue weighted by molar-refractivity contribution is 5.95. The fourth-order valence-corrected chi connectivity index (χ4v) is 1.62. The normalized spacial score (nSPS) is 10.4. The second-order valence-corrected chi connectivity index (χ2v) is 3.77. The molecular formula is C13H11NO5. The molecule has 0 aliphatic carbocycles. The van der Waals surface area contributed by atoms with E-state index in [1.807, 2.05) is 0 Å². The van der Waals surface area contributed by atoms with Gasteiger partial charge in [0.25, 0.3) is 5.91 Å². The van der Waals surface area contributed by atoms with Crippen LogP contribution in [-0.4, -0.2) is 18.5 Å². The number of nitrogens with two attached hydrogens (primary N) is 1. The van der Waals surface area contributed by atoms with Crippen molar-refractivity contribution in [1.82, 2.24) is 0 Å². The molecule has 2 aromatic rings. The van der Waals surface area contributed by atoms with Gasteiger partial charge in [-0.3, -0.25) is 9.59 Å². The van der Waals surface area contributed by atoms with Crippen LogP contribution in [0, 0.1) is 0 Å². The summed E-state index contributed by atoms with van der Waals surface area (Å²) < 4.78 is 10.0. The number of esters is 1. The summed E-state index contributed by atoms with van der Waals surface area (Å²) in [5.74, 6) is -1.57. The van der Waals surface area contributed by atoms with Crippen LogP contribution in [0.2, 0.25) is 0 Å². The van der Waals surface area contributed by atoms with E-state index in [2.05, 4.69) is 0 Å². The zero-order chi connectivity index (χ0) is 14.0. The number of rotatable bonds is 3.